The van der Waals surface area contributed by atoms with Crippen molar-refractivity contribution in [2.75, 3.05) is 13.2 Å². The fraction of sp³-hybridized carbons (Fsp3) is 0.269. The third-order valence-corrected chi connectivity index (χ3v) is 6.29. The van der Waals surface area contributed by atoms with E-state index in [1.165, 1.54) is 0 Å². The van der Waals surface area contributed by atoms with Crippen LogP contribution in [0.5, 0.6) is 0 Å². The van der Waals surface area contributed by atoms with Crippen molar-refractivity contribution in [2.45, 2.75) is 32.4 Å². The van der Waals surface area contributed by atoms with E-state index in [0.29, 0.717) is 64.2 Å². The Morgan fingerprint density at radius 2 is 1.86 bits per heavy atom. The van der Waals surface area contributed by atoms with Crippen LogP contribution >= 0.6 is 0 Å². The second kappa shape index (κ2) is 8.59. The Labute approximate surface area is 200 Å². The SMILES string of the molecule is CCOC(=O)c1ccc(-n2c3nc4ccccc4nc3c3c(=O)n(C[C@H]4CCCO4)cnc32)cc1. The van der Waals surface area contributed by atoms with E-state index in [4.69, 9.17) is 19.4 Å². The lowest BCUT2D eigenvalue weighted by Crippen LogP contribution is -2.26. The zero-order chi connectivity index (χ0) is 23.9. The van der Waals surface area contributed by atoms with Gasteiger partial charge in [0.25, 0.3) is 5.56 Å². The molecule has 35 heavy (non-hydrogen) atoms. The molecule has 1 aliphatic heterocycles. The summed E-state index contributed by atoms with van der Waals surface area (Å²) >= 11 is 0. The number of esters is 1. The molecule has 0 unspecified atom stereocenters. The molecular formula is C26H23N5O4. The van der Waals surface area contributed by atoms with Crippen LogP contribution < -0.4 is 5.56 Å². The number of rotatable bonds is 5. The molecule has 1 fully saturated rings. The Bertz CT molecular complexity index is 1630. The highest BCUT2D eigenvalue weighted by Crippen LogP contribution is 2.28. The zero-order valence-electron chi connectivity index (χ0n) is 19.2. The van der Waals surface area contributed by atoms with E-state index >= 15 is 0 Å². The maximum absolute atomic E-state index is 13.7. The Morgan fingerprint density at radius 3 is 2.57 bits per heavy atom. The van der Waals surface area contributed by atoms with Crippen molar-refractivity contribution in [3.05, 3.63) is 70.8 Å². The van der Waals surface area contributed by atoms with Gasteiger partial charge in [-0.2, -0.15) is 0 Å². The second-order valence-electron chi connectivity index (χ2n) is 8.52. The largest absolute Gasteiger partial charge is 0.462 e. The van der Waals surface area contributed by atoms with Crippen molar-refractivity contribution in [3.63, 3.8) is 0 Å². The van der Waals surface area contributed by atoms with Gasteiger partial charge >= 0.3 is 5.97 Å². The second-order valence-corrected chi connectivity index (χ2v) is 8.52. The molecule has 0 N–H and O–H groups in total. The number of nitrogens with zero attached hydrogens (tertiary/aromatic N) is 5. The first-order valence-electron chi connectivity index (χ1n) is 11.7. The predicted molar refractivity (Wildman–Crippen MR) is 131 cm³/mol. The first kappa shape index (κ1) is 21.4. The van der Waals surface area contributed by atoms with E-state index in [1.807, 2.05) is 28.8 Å². The Morgan fingerprint density at radius 1 is 1.09 bits per heavy atom. The van der Waals surface area contributed by atoms with Crippen LogP contribution in [0.15, 0.2) is 59.7 Å². The molecule has 4 heterocycles. The minimum absolute atomic E-state index is 0.00244. The van der Waals surface area contributed by atoms with Crippen molar-refractivity contribution in [1.82, 2.24) is 24.1 Å². The highest BCUT2D eigenvalue weighted by Gasteiger charge is 2.23. The molecule has 0 aliphatic carbocycles. The number of hydrogen-bond donors (Lipinski definition) is 0. The van der Waals surface area contributed by atoms with Crippen LogP contribution in [-0.4, -0.2) is 49.4 Å². The molecular weight excluding hydrogens is 446 g/mol. The molecule has 2 aromatic carbocycles. The summed E-state index contributed by atoms with van der Waals surface area (Å²) < 4.78 is 14.2. The van der Waals surface area contributed by atoms with E-state index in [2.05, 4.69) is 4.98 Å². The van der Waals surface area contributed by atoms with Gasteiger partial charge in [-0.3, -0.25) is 13.9 Å². The third-order valence-electron chi connectivity index (χ3n) is 6.29. The molecule has 0 bridgehead atoms. The summed E-state index contributed by atoms with van der Waals surface area (Å²) in [5.74, 6) is -0.387. The summed E-state index contributed by atoms with van der Waals surface area (Å²) in [5.41, 5.74) is 3.88. The van der Waals surface area contributed by atoms with Gasteiger partial charge in [0.15, 0.2) is 11.3 Å². The first-order chi connectivity index (χ1) is 17.1. The fourth-order valence-electron chi connectivity index (χ4n) is 4.62. The predicted octanol–water partition coefficient (Wildman–Crippen LogP) is 3.64. The van der Waals surface area contributed by atoms with Gasteiger partial charge in [-0.05, 0) is 56.2 Å². The van der Waals surface area contributed by atoms with Crippen molar-refractivity contribution in [3.8, 4) is 5.69 Å². The van der Waals surface area contributed by atoms with E-state index in [9.17, 15) is 9.59 Å². The van der Waals surface area contributed by atoms with Crippen molar-refractivity contribution in [2.24, 2.45) is 0 Å². The molecule has 0 saturated carbocycles. The molecule has 6 rings (SSSR count). The fourth-order valence-corrected chi connectivity index (χ4v) is 4.62. The van der Waals surface area contributed by atoms with Gasteiger partial charge in [-0.1, -0.05) is 12.1 Å². The van der Waals surface area contributed by atoms with E-state index in [0.717, 1.165) is 12.8 Å². The van der Waals surface area contributed by atoms with Crippen LogP contribution in [0.3, 0.4) is 0 Å². The molecule has 0 amide bonds. The van der Waals surface area contributed by atoms with Crippen LogP contribution in [0.2, 0.25) is 0 Å². The smallest absolute Gasteiger partial charge is 0.338 e. The summed E-state index contributed by atoms with van der Waals surface area (Å²) in [7, 11) is 0. The molecule has 0 radical (unpaired) electrons. The van der Waals surface area contributed by atoms with Crippen LogP contribution in [0, 0.1) is 0 Å². The standard InChI is InChI=1S/C26H23N5O4/c1-2-34-26(33)16-9-11-17(12-10-16)31-23-21(22-24(31)29-20-8-4-3-7-19(20)28-22)25(32)30(15-27-23)14-18-6-5-13-35-18/h3-4,7-12,15,18H,2,5-6,13-14H2,1H3/t18-/m1/s1. The van der Waals surface area contributed by atoms with Crippen molar-refractivity contribution >= 4 is 39.2 Å². The van der Waals surface area contributed by atoms with Crippen LogP contribution in [0.25, 0.3) is 38.9 Å². The summed E-state index contributed by atoms with van der Waals surface area (Å²) in [6, 6.07) is 14.5. The number of carbonyl (C=O) groups is 1. The normalized spacial score (nSPS) is 15.9. The zero-order valence-corrected chi connectivity index (χ0v) is 19.2. The van der Waals surface area contributed by atoms with Gasteiger partial charge in [0.05, 0.1) is 35.9 Å². The lowest BCUT2D eigenvalue weighted by atomic mass is 10.2. The molecule has 3 aromatic heterocycles. The van der Waals surface area contributed by atoms with Crippen LogP contribution in [0.1, 0.15) is 30.1 Å². The number of hydrogen-bond acceptors (Lipinski definition) is 7. The van der Waals surface area contributed by atoms with Gasteiger partial charge in [0.1, 0.15) is 17.2 Å². The molecule has 1 aliphatic rings. The van der Waals surface area contributed by atoms with Crippen molar-refractivity contribution < 1.29 is 14.3 Å². The maximum atomic E-state index is 13.7. The highest BCUT2D eigenvalue weighted by atomic mass is 16.5. The average Bonchev–Trinajstić information content (AvgIpc) is 3.50. The molecule has 5 aromatic rings. The number of fused-ring (bicyclic) bond motifs is 4. The number of para-hydroxylation sites is 2. The van der Waals surface area contributed by atoms with Crippen LogP contribution in [-0.2, 0) is 16.0 Å². The summed E-state index contributed by atoms with van der Waals surface area (Å²) in [5, 5.41) is 0.410. The molecule has 9 nitrogen and oxygen atoms in total. The maximum Gasteiger partial charge on any atom is 0.338 e. The highest BCUT2D eigenvalue weighted by molar-refractivity contribution is 6.05. The van der Waals surface area contributed by atoms with Gasteiger partial charge in [0, 0.05) is 12.3 Å². The minimum Gasteiger partial charge on any atom is -0.462 e. The quantitative estimate of drug-likeness (QED) is 0.362. The van der Waals surface area contributed by atoms with Gasteiger partial charge in [-0.25, -0.2) is 19.7 Å². The Kier molecular flexibility index (Phi) is 5.26. The summed E-state index contributed by atoms with van der Waals surface area (Å²) in [6.07, 6.45) is 3.48. The van der Waals surface area contributed by atoms with E-state index < -0.39 is 0 Å². The molecule has 176 valence electrons. The number of benzene rings is 2. The number of aromatic nitrogens is 5. The Hall–Kier alpha value is -4.11. The summed E-state index contributed by atoms with van der Waals surface area (Å²) in [6.45, 7) is 3.24. The first-order valence-corrected chi connectivity index (χ1v) is 11.7. The van der Waals surface area contributed by atoms with E-state index in [-0.39, 0.29) is 17.6 Å². The van der Waals surface area contributed by atoms with Crippen molar-refractivity contribution in [1.29, 1.82) is 0 Å². The van der Waals surface area contributed by atoms with Gasteiger partial charge in [-0.15, -0.1) is 0 Å². The number of ether oxygens (including phenoxy) is 2. The third kappa shape index (κ3) is 3.64. The summed E-state index contributed by atoms with van der Waals surface area (Å²) in [4.78, 5) is 40.1. The van der Waals surface area contributed by atoms with Gasteiger partial charge in [0.2, 0.25) is 0 Å². The molecule has 0 spiro atoms. The minimum atomic E-state index is -0.387. The molecule has 1 saturated heterocycles. The monoisotopic (exact) mass is 469 g/mol. The molecule has 1 atom stereocenters. The van der Waals surface area contributed by atoms with Crippen LogP contribution in [0.4, 0.5) is 0 Å². The topological polar surface area (TPSA) is 101 Å². The van der Waals surface area contributed by atoms with Gasteiger partial charge < -0.3 is 9.47 Å². The lowest BCUT2D eigenvalue weighted by Gasteiger charge is -2.11. The lowest BCUT2D eigenvalue weighted by molar-refractivity contribution is 0.0526. The average molecular weight is 470 g/mol. The Balaban J connectivity index is 1.59. The molecule has 9 heteroatoms. The number of carbonyl (C=O) groups excluding carboxylic acids is 1. The van der Waals surface area contributed by atoms with E-state index in [1.54, 1.807) is 42.1 Å².